The van der Waals surface area contributed by atoms with E-state index in [1.54, 1.807) is 6.20 Å². The number of para-hydroxylation sites is 1. The summed E-state index contributed by atoms with van der Waals surface area (Å²) < 4.78 is 2.11. The summed E-state index contributed by atoms with van der Waals surface area (Å²) in [6.45, 7) is 0. The number of pyridine rings is 2. The Bertz CT molecular complexity index is 863. The summed E-state index contributed by atoms with van der Waals surface area (Å²) in [6.07, 6.45) is 3.83. The van der Waals surface area contributed by atoms with Crippen molar-refractivity contribution in [3.63, 3.8) is 0 Å². The highest BCUT2D eigenvalue weighted by Crippen LogP contribution is 2.21. The molecule has 3 aromatic heterocycles. The zero-order valence-electron chi connectivity index (χ0n) is 10.2. The van der Waals surface area contributed by atoms with Gasteiger partial charge in [0.25, 0.3) is 0 Å². The minimum Gasteiger partial charge on any atom is -0.299 e. The van der Waals surface area contributed by atoms with Crippen molar-refractivity contribution < 1.29 is 0 Å². The van der Waals surface area contributed by atoms with Crippen LogP contribution in [0.25, 0.3) is 27.9 Å². The molecule has 19 heavy (non-hydrogen) atoms. The molecule has 0 saturated heterocycles. The van der Waals surface area contributed by atoms with Gasteiger partial charge < -0.3 is 0 Å². The molecule has 4 aromatic rings. The molecule has 90 valence electrons. The minimum atomic E-state index is 0.898. The van der Waals surface area contributed by atoms with Crippen LogP contribution in [0, 0.1) is 0 Å². The van der Waals surface area contributed by atoms with E-state index in [9.17, 15) is 0 Å². The van der Waals surface area contributed by atoms with Crippen LogP contribution in [0.15, 0.2) is 67.0 Å². The van der Waals surface area contributed by atoms with Crippen molar-refractivity contribution in [2.75, 3.05) is 0 Å². The van der Waals surface area contributed by atoms with Crippen LogP contribution in [-0.2, 0) is 0 Å². The molecule has 0 amide bonds. The van der Waals surface area contributed by atoms with Crippen molar-refractivity contribution in [3.05, 3.63) is 67.0 Å². The van der Waals surface area contributed by atoms with Crippen LogP contribution in [0.3, 0.4) is 0 Å². The Morgan fingerprint density at radius 2 is 1.68 bits per heavy atom. The Balaban J connectivity index is 2.04. The number of hydrogen-bond acceptors (Lipinski definition) is 2. The number of nitrogens with zero attached hydrogens (tertiary/aromatic N) is 3. The summed E-state index contributed by atoms with van der Waals surface area (Å²) in [5.74, 6) is 0. The van der Waals surface area contributed by atoms with Crippen LogP contribution in [0.5, 0.6) is 0 Å². The summed E-state index contributed by atoms with van der Waals surface area (Å²) in [5, 5.41) is 1.21. The lowest BCUT2D eigenvalue weighted by atomic mass is 10.2. The van der Waals surface area contributed by atoms with Crippen LogP contribution >= 0.6 is 0 Å². The normalized spacial score (nSPS) is 11.2. The molecule has 0 aliphatic heterocycles. The number of rotatable bonds is 1. The second-order valence-electron chi connectivity index (χ2n) is 4.46. The summed E-state index contributed by atoms with van der Waals surface area (Å²) in [4.78, 5) is 8.98. The SMILES string of the molecule is c1ccc(-c2cn3c(ccc4ccccc43)n2)nc1. The predicted octanol–water partition coefficient (Wildman–Crippen LogP) is 3.55. The van der Waals surface area contributed by atoms with Gasteiger partial charge in [0.15, 0.2) is 0 Å². The third kappa shape index (κ3) is 1.59. The zero-order valence-corrected chi connectivity index (χ0v) is 10.2. The molecular weight excluding hydrogens is 234 g/mol. The largest absolute Gasteiger partial charge is 0.299 e. The molecule has 0 aliphatic carbocycles. The van der Waals surface area contributed by atoms with Gasteiger partial charge in [-0.3, -0.25) is 9.38 Å². The molecule has 3 heterocycles. The Morgan fingerprint density at radius 3 is 2.58 bits per heavy atom. The first kappa shape index (κ1) is 10.3. The van der Waals surface area contributed by atoms with Crippen LogP contribution < -0.4 is 0 Å². The van der Waals surface area contributed by atoms with Gasteiger partial charge in [-0.1, -0.05) is 24.3 Å². The summed E-state index contributed by atoms with van der Waals surface area (Å²) in [6, 6.07) is 18.3. The van der Waals surface area contributed by atoms with Crippen molar-refractivity contribution >= 4 is 16.6 Å². The van der Waals surface area contributed by atoms with Gasteiger partial charge in [0.05, 0.1) is 11.2 Å². The van der Waals surface area contributed by atoms with Crippen molar-refractivity contribution in [2.24, 2.45) is 0 Å². The maximum absolute atomic E-state index is 4.63. The third-order valence-electron chi connectivity index (χ3n) is 3.27. The molecule has 1 aromatic carbocycles. The van der Waals surface area contributed by atoms with Crippen molar-refractivity contribution in [1.82, 2.24) is 14.4 Å². The fraction of sp³-hybridized carbons (Fsp3) is 0. The number of hydrogen-bond donors (Lipinski definition) is 0. The van der Waals surface area contributed by atoms with E-state index in [-0.39, 0.29) is 0 Å². The quantitative estimate of drug-likeness (QED) is 0.513. The van der Waals surface area contributed by atoms with E-state index in [4.69, 9.17) is 0 Å². The molecule has 0 spiro atoms. The average Bonchev–Trinajstić information content (AvgIpc) is 2.93. The lowest BCUT2D eigenvalue weighted by Crippen LogP contribution is -1.85. The number of aromatic nitrogens is 3. The maximum atomic E-state index is 4.63. The lowest BCUT2D eigenvalue weighted by Gasteiger charge is -2.00. The Kier molecular flexibility index (Phi) is 2.12. The van der Waals surface area contributed by atoms with Gasteiger partial charge in [-0.15, -0.1) is 0 Å². The highest BCUT2D eigenvalue weighted by molar-refractivity contribution is 5.82. The smallest absolute Gasteiger partial charge is 0.138 e. The second kappa shape index (κ2) is 3.92. The van der Waals surface area contributed by atoms with E-state index in [0.29, 0.717) is 0 Å². The Labute approximate surface area is 110 Å². The van der Waals surface area contributed by atoms with Gasteiger partial charge in [-0.2, -0.15) is 0 Å². The van der Waals surface area contributed by atoms with Crippen molar-refractivity contribution in [3.8, 4) is 11.4 Å². The van der Waals surface area contributed by atoms with Gasteiger partial charge in [0.2, 0.25) is 0 Å². The first-order valence-electron chi connectivity index (χ1n) is 6.20. The van der Waals surface area contributed by atoms with Gasteiger partial charge >= 0.3 is 0 Å². The molecule has 0 N–H and O–H groups in total. The van der Waals surface area contributed by atoms with E-state index in [1.165, 1.54) is 5.39 Å². The maximum Gasteiger partial charge on any atom is 0.138 e. The predicted molar refractivity (Wildman–Crippen MR) is 75.9 cm³/mol. The molecule has 0 unspecified atom stereocenters. The average molecular weight is 245 g/mol. The number of fused-ring (bicyclic) bond motifs is 3. The molecule has 0 radical (unpaired) electrons. The summed E-state index contributed by atoms with van der Waals surface area (Å²) in [5.41, 5.74) is 3.90. The van der Waals surface area contributed by atoms with E-state index >= 15 is 0 Å². The van der Waals surface area contributed by atoms with Crippen molar-refractivity contribution in [1.29, 1.82) is 0 Å². The first-order chi connectivity index (χ1) is 9.42. The molecule has 0 saturated carbocycles. The molecule has 0 fully saturated rings. The highest BCUT2D eigenvalue weighted by atomic mass is 15.0. The topological polar surface area (TPSA) is 30.2 Å². The Morgan fingerprint density at radius 1 is 0.789 bits per heavy atom. The molecule has 0 bridgehead atoms. The monoisotopic (exact) mass is 245 g/mol. The summed E-state index contributed by atoms with van der Waals surface area (Å²) in [7, 11) is 0. The zero-order chi connectivity index (χ0) is 12.7. The molecule has 0 aliphatic rings. The van der Waals surface area contributed by atoms with Crippen LogP contribution in [0.4, 0.5) is 0 Å². The first-order valence-corrected chi connectivity index (χ1v) is 6.20. The van der Waals surface area contributed by atoms with E-state index in [1.807, 2.05) is 42.6 Å². The van der Waals surface area contributed by atoms with Crippen LogP contribution in [-0.4, -0.2) is 14.4 Å². The lowest BCUT2D eigenvalue weighted by molar-refractivity contribution is 1.26. The minimum absolute atomic E-state index is 0.898. The van der Waals surface area contributed by atoms with E-state index in [0.717, 1.165) is 22.6 Å². The van der Waals surface area contributed by atoms with Crippen LogP contribution in [0.2, 0.25) is 0 Å². The third-order valence-corrected chi connectivity index (χ3v) is 3.27. The standard InChI is InChI=1S/C16H11N3/c1-2-7-15-12(5-1)8-9-16-18-14(11-19(15)16)13-6-3-4-10-17-13/h1-11H. The van der Waals surface area contributed by atoms with Gasteiger partial charge in [-0.25, -0.2) is 4.98 Å². The second-order valence-corrected chi connectivity index (χ2v) is 4.46. The highest BCUT2D eigenvalue weighted by Gasteiger charge is 2.06. The fourth-order valence-corrected chi connectivity index (χ4v) is 2.35. The molecular formula is C16H11N3. The molecule has 3 heteroatoms. The van der Waals surface area contributed by atoms with E-state index in [2.05, 4.69) is 32.6 Å². The van der Waals surface area contributed by atoms with E-state index < -0.39 is 0 Å². The number of benzene rings is 1. The molecule has 0 atom stereocenters. The molecule has 4 rings (SSSR count). The Hall–Kier alpha value is -2.68. The van der Waals surface area contributed by atoms with Crippen molar-refractivity contribution in [2.45, 2.75) is 0 Å². The molecule has 3 nitrogen and oxygen atoms in total. The van der Waals surface area contributed by atoms with Gasteiger partial charge in [0.1, 0.15) is 11.3 Å². The van der Waals surface area contributed by atoms with Gasteiger partial charge in [0, 0.05) is 12.4 Å². The van der Waals surface area contributed by atoms with Gasteiger partial charge in [-0.05, 0) is 35.7 Å². The van der Waals surface area contributed by atoms with Crippen LogP contribution in [0.1, 0.15) is 0 Å². The number of imidazole rings is 1. The summed E-state index contributed by atoms with van der Waals surface area (Å²) >= 11 is 0. The fourth-order valence-electron chi connectivity index (χ4n) is 2.35.